The van der Waals surface area contributed by atoms with Crippen LogP contribution in [0.3, 0.4) is 0 Å². The second-order valence-electron chi connectivity index (χ2n) is 6.53. The molecule has 144 valence electrons. The van der Waals surface area contributed by atoms with Gasteiger partial charge in [-0.1, -0.05) is 30.4 Å². The normalized spacial score (nSPS) is 14.1. The zero-order valence-electron chi connectivity index (χ0n) is 15.6. The highest BCUT2D eigenvalue weighted by Gasteiger charge is 2.07. The lowest BCUT2D eigenvalue weighted by Gasteiger charge is -2.10. The number of nitrogens with one attached hydrogen (secondary N) is 3. The molecule has 2 heterocycles. The molecule has 3 N–H and O–H groups in total. The predicted molar refractivity (Wildman–Crippen MR) is 113 cm³/mol. The molecule has 2 amide bonds. The molecule has 7 nitrogen and oxygen atoms in total. The van der Waals surface area contributed by atoms with Gasteiger partial charge >= 0.3 is 0 Å². The molecule has 3 aromatic rings. The summed E-state index contributed by atoms with van der Waals surface area (Å²) in [5.41, 5.74) is 3.70. The molecule has 0 aliphatic carbocycles. The number of fused-ring (bicyclic) bond motifs is 7. The van der Waals surface area contributed by atoms with Crippen LogP contribution in [0, 0.1) is 0 Å². The fourth-order valence-electron chi connectivity index (χ4n) is 2.94. The maximum Gasteiger partial charge on any atom is 0.228 e. The maximum absolute atomic E-state index is 12.2. The molecule has 1 aliphatic rings. The number of hydrogen-bond acceptors (Lipinski definition) is 5. The second kappa shape index (κ2) is 8.35. The van der Waals surface area contributed by atoms with E-state index in [4.69, 9.17) is 0 Å². The van der Waals surface area contributed by atoms with Crippen molar-refractivity contribution < 1.29 is 9.59 Å². The van der Waals surface area contributed by atoms with E-state index in [0.29, 0.717) is 17.3 Å². The van der Waals surface area contributed by atoms with Crippen molar-refractivity contribution in [2.75, 3.05) is 16.0 Å². The van der Waals surface area contributed by atoms with Crippen LogP contribution < -0.4 is 16.0 Å². The lowest BCUT2D eigenvalue weighted by molar-refractivity contribution is -0.116. The van der Waals surface area contributed by atoms with E-state index < -0.39 is 0 Å². The molecule has 0 spiro atoms. The third-order valence-corrected chi connectivity index (χ3v) is 4.27. The van der Waals surface area contributed by atoms with Gasteiger partial charge in [0, 0.05) is 41.7 Å². The Morgan fingerprint density at radius 1 is 0.724 bits per heavy atom. The van der Waals surface area contributed by atoms with Crippen LogP contribution in [0.15, 0.2) is 72.9 Å². The molecule has 0 saturated heterocycles. The van der Waals surface area contributed by atoms with Crippen LogP contribution in [-0.4, -0.2) is 21.8 Å². The molecule has 6 bridgehead atoms. The fourth-order valence-corrected chi connectivity index (χ4v) is 2.94. The van der Waals surface area contributed by atoms with E-state index in [1.54, 1.807) is 24.4 Å². The van der Waals surface area contributed by atoms with Gasteiger partial charge in [-0.25, -0.2) is 9.97 Å². The number of nitrogens with zero attached hydrogens (tertiary/aromatic N) is 2. The van der Waals surface area contributed by atoms with E-state index in [-0.39, 0.29) is 24.7 Å². The lowest BCUT2D eigenvalue weighted by Crippen LogP contribution is -2.11. The van der Waals surface area contributed by atoms with Gasteiger partial charge in [0.05, 0.1) is 5.69 Å². The molecule has 4 rings (SSSR count). The molecule has 29 heavy (non-hydrogen) atoms. The molecule has 0 radical (unpaired) electrons. The molecule has 0 fully saturated rings. The van der Waals surface area contributed by atoms with Gasteiger partial charge < -0.3 is 16.0 Å². The van der Waals surface area contributed by atoms with Crippen LogP contribution in [0.4, 0.5) is 23.0 Å². The van der Waals surface area contributed by atoms with Crippen LogP contribution in [0.2, 0.25) is 0 Å². The van der Waals surface area contributed by atoms with Crippen molar-refractivity contribution in [3.8, 4) is 11.3 Å². The smallest absolute Gasteiger partial charge is 0.228 e. The van der Waals surface area contributed by atoms with E-state index in [1.165, 1.54) is 0 Å². The lowest BCUT2D eigenvalue weighted by atomic mass is 10.1. The molecular formula is C22H19N5O2. The van der Waals surface area contributed by atoms with Crippen LogP contribution in [0.1, 0.15) is 12.8 Å². The molecular weight excluding hydrogens is 366 g/mol. The third kappa shape index (κ3) is 4.84. The number of benzene rings is 2. The SMILES string of the molecule is O=C1CC=CCC(=O)Nc2cccc(c2)-c2ccnc(n2)Nc2cccc(c2)N1. The van der Waals surface area contributed by atoms with Crippen molar-refractivity contribution in [2.45, 2.75) is 12.8 Å². The first-order valence-electron chi connectivity index (χ1n) is 9.21. The molecule has 0 unspecified atom stereocenters. The van der Waals surface area contributed by atoms with Crippen LogP contribution >= 0.6 is 0 Å². The van der Waals surface area contributed by atoms with Crippen LogP contribution in [0.25, 0.3) is 11.3 Å². The first-order valence-corrected chi connectivity index (χ1v) is 9.21. The van der Waals surface area contributed by atoms with Crippen molar-refractivity contribution in [1.29, 1.82) is 0 Å². The van der Waals surface area contributed by atoms with Gasteiger partial charge in [-0.15, -0.1) is 0 Å². The highest BCUT2D eigenvalue weighted by molar-refractivity contribution is 5.93. The van der Waals surface area contributed by atoms with E-state index in [1.807, 2.05) is 48.5 Å². The summed E-state index contributed by atoms with van der Waals surface area (Å²) >= 11 is 0. The Morgan fingerprint density at radius 2 is 1.34 bits per heavy atom. The monoisotopic (exact) mass is 385 g/mol. The van der Waals surface area contributed by atoms with Gasteiger partial charge in [-0.05, 0) is 36.4 Å². The number of aromatic nitrogens is 2. The van der Waals surface area contributed by atoms with Crippen molar-refractivity contribution in [3.63, 3.8) is 0 Å². The first kappa shape index (κ1) is 18.4. The molecule has 2 aromatic carbocycles. The molecule has 0 saturated carbocycles. The summed E-state index contributed by atoms with van der Waals surface area (Å²) in [6, 6.07) is 16.6. The quantitative estimate of drug-likeness (QED) is 0.506. The summed E-state index contributed by atoms with van der Waals surface area (Å²) < 4.78 is 0. The van der Waals surface area contributed by atoms with Gasteiger partial charge in [-0.2, -0.15) is 0 Å². The summed E-state index contributed by atoms with van der Waals surface area (Å²) in [7, 11) is 0. The Balaban J connectivity index is 1.71. The van der Waals surface area contributed by atoms with Crippen molar-refractivity contribution in [3.05, 3.63) is 72.9 Å². The Kier molecular flexibility index (Phi) is 5.29. The van der Waals surface area contributed by atoms with Crippen molar-refractivity contribution in [2.24, 2.45) is 0 Å². The van der Waals surface area contributed by atoms with Gasteiger partial charge in [0.2, 0.25) is 17.8 Å². The topological polar surface area (TPSA) is 96.0 Å². The van der Waals surface area contributed by atoms with Gasteiger partial charge in [0.15, 0.2) is 0 Å². The van der Waals surface area contributed by atoms with Crippen molar-refractivity contribution in [1.82, 2.24) is 9.97 Å². The summed E-state index contributed by atoms with van der Waals surface area (Å²) in [6.07, 6.45) is 5.43. The average Bonchev–Trinajstić information content (AvgIpc) is 2.71. The first-order chi connectivity index (χ1) is 14.2. The zero-order chi connectivity index (χ0) is 20.1. The van der Waals surface area contributed by atoms with Gasteiger partial charge in [-0.3, -0.25) is 9.59 Å². The zero-order valence-corrected chi connectivity index (χ0v) is 15.6. The van der Waals surface area contributed by atoms with Crippen LogP contribution in [0.5, 0.6) is 0 Å². The average molecular weight is 385 g/mol. The molecule has 0 atom stereocenters. The number of anilines is 4. The Morgan fingerprint density at radius 3 is 2.07 bits per heavy atom. The van der Waals surface area contributed by atoms with E-state index >= 15 is 0 Å². The number of rotatable bonds is 0. The predicted octanol–water partition coefficient (Wildman–Crippen LogP) is 4.11. The number of amides is 2. The minimum atomic E-state index is -0.161. The van der Waals surface area contributed by atoms with Crippen LogP contribution in [-0.2, 0) is 9.59 Å². The largest absolute Gasteiger partial charge is 0.326 e. The standard InChI is InChI=1S/C22H19N5O2/c28-20-9-1-2-10-21(29)25-17-7-4-8-18(14-17)26-22-23-12-11-19(27-22)15-5-3-6-16(13-15)24-20/h1-8,11-14H,9-10H2,(H,24,28)(H,25,29)(H,23,26,27). The van der Waals surface area contributed by atoms with Gasteiger partial charge in [0.25, 0.3) is 0 Å². The summed E-state index contributed by atoms with van der Waals surface area (Å²) in [5.74, 6) is 0.119. The minimum absolute atomic E-state index is 0.155. The number of carbonyl (C=O) groups excluding carboxylic acids is 2. The number of carbonyl (C=O) groups is 2. The summed E-state index contributed by atoms with van der Waals surface area (Å²) in [5, 5.41) is 8.86. The summed E-state index contributed by atoms with van der Waals surface area (Å²) in [6.45, 7) is 0. The van der Waals surface area contributed by atoms with E-state index in [0.717, 1.165) is 16.9 Å². The number of hydrogen-bond donors (Lipinski definition) is 3. The highest BCUT2D eigenvalue weighted by atomic mass is 16.2. The highest BCUT2D eigenvalue weighted by Crippen LogP contribution is 2.23. The second-order valence-corrected chi connectivity index (χ2v) is 6.53. The third-order valence-electron chi connectivity index (χ3n) is 4.27. The minimum Gasteiger partial charge on any atom is -0.326 e. The molecule has 1 aliphatic heterocycles. The van der Waals surface area contributed by atoms with Gasteiger partial charge in [0.1, 0.15) is 0 Å². The summed E-state index contributed by atoms with van der Waals surface area (Å²) in [4.78, 5) is 33.1. The molecule has 1 aromatic heterocycles. The molecule has 7 heteroatoms. The Labute approximate surface area is 167 Å². The Hall–Kier alpha value is -4.00. The van der Waals surface area contributed by atoms with Crippen molar-refractivity contribution >= 4 is 34.8 Å². The maximum atomic E-state index is 12.2. The van der Waals surface area contributed by atoms with E-state index in [2.05, 4.69) is 25.9 Å². The van der Waals surface area contributed by atoms with E-state index in [9.17, 15) is 9.59 Å². The fraction of sp³-hybridized carbons (Fsp3) is 0.0909. The Bertz CT molecular complexity index is 1090.